The van der Waals surface area contributed by atoms with E-state index in [0.717, 1.165) is 22.6 Å². The molecule has 0 bridgehead atoms. The number of hydrogen-bond donors (Lipinski definition) is 2. The van der Waals surface area contributed by atoms with Crippen molar-refractivity contribution in [2.24, 2.45) is 5.92 Å². The van der Waals surface area contributed by atoms with Crippen molar-refractivity contribution in [3.8, 4) is 22.9 Å². The fourth-order valence-corrected chi connectivity index (χ4v) is 5.44. The van der Waals surface area contributed by atoms with Gasteiger partial charge in [-0.05, 0) is 72.2 Å². The molecule has 9 nitrogen and oxygen atoms in total. The number of piperidine rings is 1. The summed E-state index contributed by atoms with van der Waals surface area (Å²) in [5, 5.41) is 21.6. The zero-order valence-electron chi connectivity index (χ0n) is 22.7. The van der Waals surface area contributed by atoms with E-state index in [9.17, 15) is 23.6 Å². The smallest absolute Gasteiger partial charge is 0.301 e. The summed E-state index contributed by atoms with van der Waals surface area (Å²) < 4.78 is 35.0. The highest BCUT2D eigenvalue weighted by atomic mass is 19.3. The molecule has 0 radical (unpaired) electrons. The van der Waals surface area contributed by atoms with Crippen LogP contribution < -0.4 is 10.1 Å². The summed E-state index contributed by atoms with van der Waals surface area (Å²) in [7, 11) is 0. The van der Waals surface area contributed by atoms with E-state index in [1.54, 1.807) is 24.4 Å². The van der Waals surface area contributed by atoms with Crippen molar-refractivity contribution in [2.45, 2.75) is 49.5 Å². The molecular formula is C31H29F2N5O4. The van der Waals surface area contributed by atoms with Crippen LogP contribution in [-0.4, -0.2) is 63.5 Å². The third-order valence-corrected chi connectivity index (χ3v) is 8.10. The Morgan fingerprint density at radius 3 is 2.62 bits per heavy atom. The number of amides is 2. The van der Waals surface area contributed by atoms with Gasteiger partial charge in [-0.25, -0.2) is 13.8 Å². The number of aliphatic hydroxyl groups excluding tert-OH is 1. The molecule has 2 amide bonds. The van der Waals surface area contributed by atoms with Gasteiger partial charge in [-0.1, -0.05) is 12.1 Å². The first-order valence-electron chi connectivity index (χ1n) is 14.0. The van der Waals surface area contributed by atoms with Crippen LogP contribution in [0.2, 0.25) is 0 Å². The molecule has 1 aromatic carbocycles. The van der Waals surface area contributed by atoms with Crippen molar-refractivity contribution in [1.82, 2.24) is 14.9 Å². The lowest BCUT2D eigenvalue weighted by Crippen LogP contribution is -2.55. The van der Waals surface area contributed by atoms with Crippen LogP contribution >= 0.6 is 0 Å². The van der Waals surface area contributed by atoms with E-state index in [-0.39, 0.29) is 42.0 Å². The summed E-state index contributed by atoms with van der Waals surface area (Å²) in [6.45, 7) is -1.69. The first-order chi connectivity index (χ1) is 20.3. The Labute approximate surface area is 241 Å². The van der Waals surface area contributed by atoms with E-state index in [2.05, 4.69) is 27.4 Å². The third kappa shape index (κ3) is 5.81. The maximum Gasteiger partial charge on any atom is 0.301 e. The Bertz CT molecular complexity index is 1550. The lowest BCUT2D eigenvalue weighted by atomic mass is 10.0. The van der Waals surface area contributed by atoms with Crippen LogP contribution in [0.3, 0.4) is 0 Å². The number of anilines is 1. The zero-order chi connectivity index (χ0) is 29.4. The molecule has 3 aliphatic rings. The van der Waals surface area contributed by atoms with Gasteiger partial charge in [0.2, 0.25) is 11.8 Å². The van der Waals surface area contributed by atoms with Crippen molar-refractivity contribution in [3.63, 3.8) is 0 Å². The molecular weight excluding hydrogens is 544 g/mol. The predicted octanol–water partition coefficient (Wildman–Crippen LogP) is 4.24. The van der Waals surface area contributed by atoms with Gasteiger partial charge in [0.15, 0.2) is 6.10 Å². The topological polar surface area (TPSA) is 128 Å². The van der Waals surface area contributed by atoms with Crippen LogP contribution in [0.25, 0.3) is 11.1 Å². The van der Waals surface area contributed by atoms with Crippen molar-refractivity contribution < 1.29 is 28.2 Å². The molecule has 42 heavy (non-hydrogen) atoms. The van der Waals surface area contributed by atoms with Crippen molar-refractivity contribution in [3.05, 3.63) is 71.7 Å². The second-order valence-electron chi connectivity index (χ2n) is 11.1. The lowest BCUT2D eigenvalue weighted by molar-refractivity contribution is -0.161. The second kappa shape index (κ2) is 11.1. The molecule has 6 rings (SSSR count). The molecule has 2 aliphatic carbocycles. The minimum absolute atomic E-state index is 0.00914. The van der Waals surface area contributed by atoms with E-state index < -0.39 is 31.1 Å². The Morgan fingerprint density at radius 1 is 1.12 bits per heavy atom. The number of ether oxygens (including phenoxy) is 1. The van der Waals surface area contributed by atoms with Crippen LogP contribution in [0.1, 0.15) is 54.3 Å². The summed E-state index contributed by atoms with van der Waals surface area (Å²) in [4.78, 5) is 34.3. The second-order valence-corrected chi connectivity index (χ2v) is 11.1. The number of rotatable bonds is 8. The summed E-state index contributed by atoms with van der Waals surface area (Å²) in [5.41, 5.74) is 3.56. The molecule has 2 N–H and O–H groups in total. The standard InChI is InChI=1S/C31H29F2N5O4/c32-31(33)17-38(29(40)16-39)10-8-27(31)42-26-6-4-19(11-22(26)14-34)20-7-9-35-28(12-20)37-30(41)24-13-23(24)21-3-5-25(36-15-21)18-1-2-18/h3-7,9,11-12,15,18,23-24,27,39H,1-2,8,10,13,16-17H2,(H,35,37,41)/t23-,24+,27?/m0/s1. The van der Waals surface area contributed by atoms with Crippen molar-refractivity contribution >= 4 is 17.6 Å². The molecule has 1 saturated heterocycles. The van der Waals surface area contributed by atoms with Crippen LogP contribution in [0, 0.1) is 17.2 Å². The average Bonchev–Trinajstić information content (AvgIpc) is 3.92. The largest absolute Gasteiger partial charge is 0.483 e. The molecule has 11 heteroatoms. The predicted molar refractivity (Wildman–Crippen MR) is 148 cm³/mol. The molecule has 3 fully saturated rings. The number of benzene rings is 1. The number of aliphatic hydroxyl groups is 1. The van der Waals surface area contributed by atoms with E-state index in [4.69, 9.17) is 9.84 Å². The Morgan fingerprint density at radius 2 is 1.93 bits per heavy atom. The minimum atomic E-state index is -3.36. The van der Waals surface area contributed by atoms with E-state index >= 15 is 0 Å². The number of carbonyl (C=O) groups excluding carboxylic acids is 2. The van der Waals surface area contributed by atoms with Crippen LogP contribution in [-0.2, 0) is 9.59 Å². The molecule has 2 saturated carbocycles. The van der Waals surface area contributed by atoms with E-state index in [0.29, 0.717) is 22.9 Å². The van der Waals surface area contributed by atoms with Crippen LogP contribution in [0.15, 0.2) is 54.9 Å². The van der Waals surface area contributed by atoms with Gasteiger partial charge in [0.1, 0.15) is 24.2 Å². The number of pyridine rings is 2. The molecule has 3 heterocycles. The Hall–Kier alpha value is -4.43. The molecule has 3 aromatic rings. The number of hydrogen-bond acceptors (Lipinski definition) is 7. The van der Waals surface area contributed by atoms with Gasteiger partial charge >= 0.3 is 5.92 Å². The monoisotopic (exact) mass is 573 g/mol. The summed E-state index contributed by atoms with van der Waals surface area (Å²) in [6.07, 6.45) is 4.89. The van der Waals surface area contributed by atoms with E-state index in [1.165, 1.54) is 25.0 Å². The number of nitrogens with zero attached hydrogens (tertiary/aromatic N) is 4. The number of alkyl halides is 2. The maximum absolute atomic E-state index is 14.7. The Balaban J connectivity index is 1.10. The normalized spacial score (nSPS) is 22.6. The van der Waals surface area contributed by atoms with Crippen LogP contribution in [0.5, 0.6) is 5.75 Å². The van der Waals surface area contributed by atoms with Gasteiger partial charge in [-0.2, -0.15) is 5.26 Å². The molecule has 3 atom stereocenters. The first-order valence-corrected chi connectivity index (χ1v) is 14.0. The molecule has 1 aliphatic heterocycles. The van der Waals surface area contributed by atoms with Gasteiger partial charge in [-0.15, -0.1) is 0 Å². The number of aromatic nitrogens is 2. The van der Waals surface area contributed by atoms with Gasteiger partial charge < -0.3 is 20.1 Å². The van der Waals surface area contributed by atoms with Gasteiger partial charge in [0.25, 0.3) is 0 Å². The average molecular weight is 574 g/mol. The van der Waals surface area contributed by atoms with Gasteiger partial charge in [-0.3, -0.25) is 14.6 Å². The molecule has 216 valence electrons. The summed E-state index contributed by atoms with van der Waals surface area (Å²) >= 11 is 0. The van der Waals surface area contributed by atoms with Crippen molar-refractivity contribution in [1.29, 1.82) is 5.26 Å². The minimum Gasteiger partial charge on any atom is -0.483 e. The quantitative estimate of drug-likeness (QED) is 0.413. The number of carbonyl (C=O) groups is 2. The fourth-order valence-electron chi connectivity index (χ4n) is 5.44. The molecule has 2 aromatic heterocycles. The summed E-state index contributed by atoms with van der Waals surface area (Å²) in [5.74, 6) is -3.30. The lowest BCUT2D eigenvalue weighted by Gasteiger charge is -2.38. The fraction of sp³-hybridized carbons (Fsp3) is 0.387. The number of nitriles is 1. The highest BCUT2D eigenvalue weighted by Gasteiger charge is 2.48. The number of nitrogens with one attached hydrogen (secondary N) is 1. The maximum atomic E-state index is 14.7. The Kier molecular flexibility index (Phi) is 7.33. The molecule has 1 unspecified atom stereocenters. The zero-order valence-corrected chi connectivity index (χ0v) is 22.7. The van der Waals surface area contributed by atoms with Gasteiger partial charge in [0.05, 0.1) is 12.1 Å². The highest BCUT2D eigenvalue weighted by molar-refractivity contribution is 5.95. The van der Waals surface area contributed by atoms with Crippen LogP contribution in [0.4, 0.5) is 14.6 Å². The number of halogens is 2. The van der Waals surface area contributed by atoms with Gasteiger partial charge in [0, 0.05) is 42.9 Å². The van der Waals surface area contributed by atoms with Crippen molar-refractivity contribution in [2.75, 3.05) is 25.0 Å². The number of likely N-dealkylation sites (tertiary alicyclic amines) is 1. The molecule has 0 spiro atoms. The third-order valence-electron chi connectivity index (χ3n) is 8.10. The van der Waals surface area contributed by atoms with E-state index in [1.807, 2.05) is 12.3 Å². The highest BCUT2D eigenvalue weighted by Crippen LogP contribution is 2.48. The first kappa shape index (κ1) is 27.7. The SMILES string of the molecule is N#Cc1cc(-c2ccnc(NC(=O)[C@@H]3C[C@H]3c3ccc(C4CC4)nc3)c2)ccc1OC1CCN(C(=O)CO)CC1(F)F. The summed E-state index contributed by atoms with van der Waals surface area (Å²) in [6, 6.07) is 14.2.